The van der Waals surface area contributed by atoms with E-state index in [1.54, 1.807) is 24.3 Å². The van der Waals surface area contributed by atoms with Gasteiger partial charge < -0.3 is 21.1 Å². The fourth-order valence-electron chi connectivity index (χ4n) is 2.99. The first-order chi connectivity index (χ1) is 14.8. The van der Waals surface area contributed by atoms with Crippen LogP contribution < -0.4 is 16.4 Å². The van der Waals surface area contributed by atoms with E-state index in [9.17, 15) is 14.4 Å². The number of ether oxygens (including phenoxy) is 1. The van der Waals surface area contributed by atoms with Crippen LogP contribution in [0.1, 0.15) is 31.4 Å². The minimum atomic E-state index is -0.968. The van der Waals surface area contributed by atoms with Crippen molar-refractivity contribution in [3.63, 3.8) is 0 Å². The summed E-state index contributed by atoms with van der Waals surface area (Å²) in [5.41, 5.74) is 7.00. The second-order valence-electron chi connectivity index (χ2n) is 7.65. The minimum absolute atomic E-state index is 0.0824. The third-order valence-corrected chi connectivity index (χ3v) is 4.94. The smallest absolute Gasteiger partial charge is 0.408 e. The van der Waals surface area contributed by atoms with Crippen molar-refractivity contribution >= 4 is 29.5 Å². The Morgan fingerprint density at radius 3 is 2.23 bits per heavy atom. The first-order valence-corrected chi connectivity index (χ1v) is 10.4. The zero-order chi connectivity index (χ0) is 22.8. The quantitative estimate of drug-likeness (QED) is 0.521. The zero-order valence-electron chi connectivity index (χ0n) is 17.6. The summed E-state index contributed by atoms with van der Waals surface area (Å²) in [5, 5.41) is 5.70. The maximum atomic E-state index is 12.9. The molecule has 0 aliphatic heterocycles. The Hall–Kier alpha value is -3.06. The van der Waals surface area contributed by atoms with Crippen molar-refractivity contribution in [2.75, 3.05) is 0 Å². The van der Waals surface area contributed by atoms with Crippen LogP contribution in [-0.4, -0.2) is 30.0 Å². The van der Waals surface area contributed by atoms with E-state index in [1.165, 1.54) is 0 Å². The fourth-order valence-corrected chi connectivity index (χ4v) is 3.20. The second-order valence-corrected chi connectivity index (χ2v) is 8.05. The van der Waals surface area contributed by atoms with E-state index in [0.717, 1.165) is 5.56 Å². The number of hydrogen-bond donors (Lipinski definition) is 3. The van der Waals surface area contributed by atoms with Crippen LogP contribution in [0.4, 0.5) is 4.79 Å². The molecule has 7 nitrogen and oxygen atoms in total. The lowest BCUT2D eigenvalue weighted by molar-refractivity contribution is -0.128. The summed E-state index contributed by atoms with van der Waals surface area (Å²) in [5.74, 6) is -1.09. The molecule has 0 radical (unpaired) electrons. The molecule has 166 valence electrons. The average molecular weight is 446 g/mol. The molecule has 0 aromatic heterocycles. The van der Waals surface area contributed by atoms with E-state index in [2.05, 4.69) is 10.6 Å². The summed E-state index contributed by atoms with van der Waals surface area (Å²) < 4.78 is 5.21. The van der Waals surface area contributed by atoms with Gasteiger partial charge in [0.25, 0.3) is 0 Å². The Morgan fingerprint density at radius 1 is 0.968 bits per heavy atom. The van der Waals surface area contributed by atoms with Gasteiger partial charge in [0.2, 0.25) is 11.8 Å². The number of carbonyl (C=O) groups is 3. The molecule has 0 heterocycles. The molecule has 2 atom stereocenters. The van der Waals surface area contributed by atoms with Crippen LogP contribution in [0.25, 0.3) is 0 Å². The normalized spacial score (nSPS) is 12.6. The largest absolute Gasteiger partial charge is 0.445 e. The average Bonchev–Trinajstić information content (AvgIpc) is 2.73. The van der Waals surface area contributed by atoms with Crippen LogP contribution in [0.15, 0.2) is 54.6 Å². The minimum Gasteiger partial charge on any atom is -0.445 e. The van der Waals surface area contributed by atoms with Crippen LogP contribution in [0.3, 0.4) is 0 Å². The highest BCUT2D eigenvalue weighted by Crippen LogP contribution is 2.17. The molecule has 2 aromatic rings. The highest BCUT2D eigenvalue weighted by Gasteiger charge is 2.27. The summed E-state index contributed by atoms with van der Waals surface area (Å²) in [7, 11) is 0. The number of carbonyl (C=O) groups excluding carboxylic acids is 3. The number of hydrogen-bond acceptors (Lipinski definition) is 4. The third kappa shape index (κ3) is 8.30. The van der Waals surface area contributed by atoms with Crippen LogP contribution in [0, 0.1) is 5.92 Å². The Bertz CT molecular complexity index is 889. The molecule has 0 unspecified atom stereocenters. The molecule has 0 aliphatic carbocycles. The van der Waals surface area contributed by atoms with Gasteiger partial charge in [-0.05, 0) is 29.5 Å². The number of primary amides is 1. The van der Waals surface area contributed by atoms with Gasteiger partial charge in [0, 0.05) is 11.4 Å². The van der Waals surface area contributed by atoms with Crippen molar-refractivity contribution in [2.24, 2.45) is 11.7 Å². The topological polar surface area (TPSA) is 111 Å². The van der Waals surface area contributed by atoms with Gasteiger partial charge in [0.1, 0.15) is 18.7 Å². The summed E-state index contributed by atoms with van der Waals surface area (Å²) >= 11 is 6.16. The summed E-state index contributed by atoms with van der Waals surface area (Å²) in [6.45, 7) is 3.93. The zero-order valence-corrected chi connectivity index (χ0v) is 18.4. The van der Waals surface area contributed by atoms with Gasteiger partial charge >= 0.3 is 6.09 Å². The molecule has 2 aromatic carbocycles. The lowest BCUT2D eigenvalue weighted by Gasteiger charge is -2.23. The highest BCUT2D eigenvalue weighted by atomic mass is 35.5. The number of nitrogens with two attached hydrogens (primary N) is 1. The molecule has 31 heavy (non-hydrogen) atoms. The van der Waals surface area contributed by atoms with Gasteiger partial charge in [0.15, 0.2) is 0 Å². The fraction of sp³-hybridized carbons (Fsp3) is 0.348. The van der Waals surface area contributed by atoms with Gasteiger partial charge in [-0.2, -0.15) is 0 Å². The summed E-state index contributed by atoms with van der Waals surface area (Å²) in [6.07, 6.45) is -0.205. The molecule has 0 aliphatic rings. The molecular formula is C23H28ClN3O4. The third-order valence-electron chi connectivity index (χ3n) is 4.57. The van der Waals surface area contributed by atoms with E-state index in [-0.39, 0.29) is 18.9 Å². The standard InChI is InChI=1S/C23H28ClN3O4/c1-15(2)12-20(27-23(30)31-14-16-8-4-3-5-9-16)22(29)26-19(21(25)28)13-17-10-6-7-11-18(17)24/h3-11,15,19-20H,12-14H2,1-2H3,(H2,25,28)(H,26,29)(H,27,30)/t19-,20-/m0/s1. The first-order valence-electron chi connectivity index (χ1n) is 10.1. The van der Waals surface area contributed by atoms with Gasteiger partial charge in [-0.15, -0.1) is 0 Å². The molecule has 0 fully saturated rings. The number of halogens is 1. The second kappa shape index (κ2) is 12.0. The molecule has 3 amide bonds. The Kier molecular flexibility index (Phi) is 9.34. The van der Waals surface area contributed by atoms with E-state index in [0.29, 0.717) is 17.0 Å². The summed E-state index contributed by atoms with van der Waals surface area (Å²) in [6, 6.07) is 14.4. The van der Waals surface area contributed by atoms with E-state index in [1.807, 2.05) is 44.2 Å². The molecule has 0 spiro atoms. The van der Waals surface area contributed by atoms with Crippen molar-refractivity contribution in [1.82, 2.24) is 10.6 Å². The molecule has 8 heteroatoms. The van der Waals surface area contributed by atoms with Crippen LogP contribution in [0.2, 0.25) is 5.02 Å². The van der Waals surface area contributed by atoms with Crippen molar-refractivity contribution in [2.45, 2.75) is 45.4 Å². The first kappa shape index (κ1) is 24.2. The predicted octanol–water partition coefficient (Wildman–Crippen LogP) is 3.19. The molecule has 0 saturated heterocycles. The number of benzene rings is 2. The molecular weight excluding hydrogens is 418 g/mol. The Balaban J connectivity index is 2.01. The van der Waals surface area contributed by atoms with Gasteiger partial charge in [0.05, 0.1) is 0 Å². The molecule has 0 saturated carbocycles. The summed E-state index contributed by atoms with van der Waals surface area (Å²) in [4.78, 5) is 37.0. The number of alkyl carbamates (subject to hydrolysis) is 1. The van der Waals surface area contributed by atoms with E-state index in [4.69, 9.17) is 22.1 Å². The number of amides is 3. The SMILES string of the molecule is CC(C)C[C@H](NC(=O)OCc1ccccc1)C(=O)N[C@@H](Cc1ccccc1Cl)C(N)=O. The van der Waals surface area contributed by atoms with Crippen LogP contribution in [-0.2, 0) is 27.4 Å². The van der Waals surface area contributed by atoms with Crippen molar-refractivity contribution in [1.29, 1.82) is 0 Å². The monoisotopic (exact) mass is 445 g/mol. The number of rotatable bonds is 10. The highest BCUT2D eigenvalue weighted by molar-refractivity contribution is 6.31. The van der Waals surface area contributed by atoms with Crippen molar-refractivity contribution < 1.29 is 19.1 Å². The molecule has 4 N–H and O–H groups in total. The van der Waals surface area contributed by atoms with Gasteiger partial charge in [-0.3, -0.25) is 9.59 Å². The van der Waals surface area contributed by atoms with Crippen LogP contribution in [0.5, 0.6) is 0 Å². The van der Waals surface area contributed by atoms with Crippen LogP contribution >= 0.6 is 11.6 Å². The van der Waals surface area contributed by atoms with E-state index >= 15 is 0 Å². The van der Waals surface area contributed by atoms with E-state index < -0.39 is 30.0 Å². The van der Waals surface area contributed by atoms with Gasteiger partial charge in [-0.1, -0.05) is 74.0 Å². The Labute approximate surface area is 187 Å². The lowest BCUT2D eigenvalue weighted by atomic mass is 10.0. The maximum absolute atomic E-state index is 12.9. The van der Waals surface area contributed by atoms with Gasteiger partial charge in [-0.25, -0.2) is 4.79 Å². The van der Waals surface area contributed by atoms with Crippen molar-refractivity contribution in [3.8, 4) is 0 Å². The molecule has 2 rings (SSSR count). The number of nitrogens with one attached hydrogen (secondary N) is 2. The Morgan fingerprint density at radius 2 is 1.61 bits per heavy atom. The predicted molar refractivity (Wildman–Crippen MR) is 119 cm³/mol. The van der Waals surface area contributed by atoms with Crippen molar-refractivity contribution in [3.05, 3.63) is 70.7 Å². The lowest BCUT2D eigenvalue weighted by Crippen LogP contribution is -2.54. The maximum Gasteiger partial charge on any atom is 0.408 e. The molecule has 0 bridgehead atoms.